The summed E-state index contributed by atoms with van der Waals surface area (Å²) in [6.45, 7) is 1.43. The van der Waals surface area contributed by atoms with Crippen molar-refractivity contribution < 1.29 is 17.6 Å². The highest BCUT2D eigenvalue weighted by molar-refractivity contribution is 5.41. The van der Waals surface area contributed by atoms with E-state index in [0.717, 1.165) is 18.2 Å². The quantitative estimate of drug-likeness (QED) is 0.860. The number of benzene rings is 1. The summed E-state index contributed by atoms with van der Waals surface area (Å²) in [6, 6.07) is 2.38. The molecule has 1 saturated heterocycles. The maximum Gasteiger partial charge on any atom is 0.416 e. The number of hydrogen-bond donors (Lipinski definition) is 1. The zero-order valence-electron chi connectivity index (χ0n) is 10.3. The molecule has 106 valence electrons. The molecular weight excluding hydrogens is 274 g/mol. The molecule has 2 aromatic rings. The first-order chi connectivity index (χ1) is 9.47. The van der Waals surface area contributed by atoms with Crippen molar-refractivity contribution in [3.63, 3.8) is 0 Å². The molecule has 0 spiro atoms. The van der Waals surface area contributed by atoms with Gasteiger partial charge in [-0.3, -0.25) is 4.57 Å². The van der Waals surface area contributed by atoms with E-state index in [1.54, 1.807) is 6.20 Å². The highest BCUT2D eigenvalue weighted by Crippen LogP contribution is 2.32. The Morgan fingerprint density at radius 1 is 1.25 bits per heavy atom. The van der Waals surface area contributed by atoms with E-state index in [4.69, 9.17) is 0 Å². The second-order valence-corrected chi connectivity index (χ2v) is 4.71. The van der Waals surface area contributed by atoms with Crippen LogP contribution in [-0.4, -0.2) is 22.6 Å². The van der Waals surface area contributed by atoms with Gasteiger partial charge in [0.2, 0.25) is 0 Å². The summed E-state index contributed by atoms with van der Waals surface area (Å²) >= 11 is 0. The van der Waals surface area contributed by atoms with Gasteiger partial charge in [-0.1, -0.05) is 0 Å². The van der Waals surface area contributed by atoms with Crippen molar-refractivity contribution in [3.05, 3.63) is 47.8 Å². The molecule has 3 rings (SSSR count). The van der Waals surface area contributed by atoms with Crippen LogP contribution in [0.15, 0.2) is 30.7 Å². The third-order valence-electron chi connectivity index (χ3n) is 3.40. The van der Waals surface area contributed by atoms with Crippen LogP contribution in [0.2, 0.25) is 0 Å². The van der Waals surface area contributed by atoms with Crippen LogP contribution in [0.1, 0.15) is 17.2 Å². The van der Waals surface area contributed by atoms with Gasteiger partial charge in [0.15, 0.2) is 0 Å². The standard InChI is InChI=1S/C13H11F4N3/c14-10-2-1-9(13(15,16)17)3-11(10)20-7-19-6-12(20)8-4-18-5-8/h1-3,6-8,18H,4-5H2. The van der Waals surface area contributed by atoms with E-state index in [2.05, 4.69) is 10.3 Å². The SMILES string of the molecule is Fc1ccc(C(F)(F)F)cc1-n1cncc1C1CNC1. The van der Waals surface area contributed by atoms with Gasteiger partial charge in [-0.2, -0.15) is 13.2 Å². The second-order valence-electron chi connectivity index (χ2n) is 4.71. The third-order valence-corrected chi connectivity index (χ3v) is 3.40. The molecular formula is C13H11F4N3. The molecule has 20 heavy (non-hydrogen) atoms. The van der Waals surface area contributed by atoms with Crippen molar-refractivity contribution in [1.82, 2.24) is 14.9 Å². The van der Waals surface area contributed by atoms with Crippen LogP contribution >= 0.6 is 0 Å². The largest absolute Gasteiger partial charge is 0.416 e. The maximum atomic E-state index is 13.9. The molecule has 3 nitrogen and oxygen atoms in total. The lowest BCUT2D eigenvalue weighted by atomic mass is 9.99. The van der Waals surface area contributed by atoms with E-state index < -0.39 is 17.6 Å². The molecule has 7 heteroatoms. The number of nitrogens with one attached hydrogen (secondary N) is 1. The molecule has 0 amide bonds. The zero-order valence-corrected chi connectivity index (χ0v) is 10.3. The Bertz CT molecular complexity index is 629. The normalized spacial score (nSPS) is 16.2. The van der Waals surface area contributed by atoms with Crippen molar-refractivity contribution >= 4 is 0 Å². The predicted octanol–water partition coefficient (Wildman–Crippen LogP) is 2.72. The number of hydrogen-bond acceptors (Lipinski definition) is 2. The molecule has 1 aromatic carbocycles. The van der Waals surface area contributed by atoms with Crippen molar-refractivity contribution in [2.45, 2.75) is 12.1 Å². The van der Waals surface area contributed by atoms with E-state index in [1.807, 2.05) is 0 Å². The first-order valence-corrected chi connectivity index (χ1v) is 6.07. The minimum atomic E-state index is -4.50. The molecule has 1 aliphatic rings. The minimum Gasteiger partial charge on any atom is -0.315 e. The van der Waals surface area contributed by atoms with Crippen molar-refractivity contribution in [2.75, 3.05) is 13.1 Å². The van der Waals surface area contributed by atoms with Crippen LogP contribution in [0, 0.1) is 5.82 Å². The van der Waals surface area contributed by atoms with E-state index in [-0.39, 0.29) is 11.6 Å². The lowest BCUT2D eigenvalue weighted by molar-refractivity contribution is -0.137. The van der Waals surface area contributed by atoms with E-state index >= 15 is 0 Å². The van der Waals surface area contributed by atoms with Crippen molar-refractivity contribution in [2.24, 2.45) is 0 Å². The fraction of sp³-hybridized carbons (Fsp3) is 0.308. The molecule has 0 radical (unpaired) electrons. The summed E-state index contributed by atoms with van der Waals surface area (Å²) in [5.41, 5.74) is -0.290. The summed E-state index contributed by atoms with van der Waals surface area (Å²) in [7, 11) is 0. The Morgan fingerprint density at radius 2 is 2.00 bits per heavy atom. The lowest BCUT2D eigenvalue weighted by Gasteiger charge is -2.28. The predicted molar refractivity (Wildman–Crippen MR) is 64.1 cm³/mol. The van der Waals surface area contributed by atoms with E-state index in [1.165, 1.54) is 10.9 Å². The topological polar surface area (TPSA) is 29.9 Å². The van der Waals surface area contributed by atoms with Crippen LogP contribution in [-0.2, 0) is 6.18 Å². The summed E-state index contributed by atoms with van der Waals surface area (Å²) in [5.74, 6) is -0.559. The van der Waals surface area contributed by atoms with E-state index in [0.29, 0.717) is 18.8 Å². The van der Waals surface area contributed by atoms with Crippen LogP contribution < -0.4 is 5.32 Å². The molecule has 0 bridgehead atoms. The molecule has 0 aliphatic carbocycles. The Kier molecular flexibility index (Phi) is 3.01. The Balaban J connectivity index is 2.07. The molecule has 1 aliphatic heterocycles. The van der Waals surface area contributed by atoms with E-state index in [9.17, 15) is 17.6 Å². The Hall–Kier alpha value is -1.89. The van der Waals surface area contributed by atoms with Gasteiger partial charge >= 0.3 is 6.18 Å². The number of alkyl halides is 3. The first-order valence-electron chi connectivity index (χ1n) is 6.07. The maximum absolute atomic E-state index is 13.9. The van der Waals surface area contributed by atoms with Crippen LogP contribution in [0.4, 0.5) is 17.6 Å². The van der Waals surface area contributed by atoms with Crippen molar-refractivity contribution in [1.29, 1.82) is 0 Å². The van der Waals surface area contributed by atoms with Crippen LogP contribution in [0.5, 0.6) is 0 Å². The zero-order chi connectivity index (χ0) is 14.3. The first kappa shape index (κ1) is 13.1. The summed E-state index contributed by atoms with van der Waals surface area (Å²) in [5, 5.41) is 3.06. The molecule has 1 aromatic heterocycles. The highest BCUT2D eigenvalue weighted by atomic mass is 19.4. The molecule has 1 fully saturated rings. The smallest absolute Gasteiger partial charge is 0.315 e. The Labute approximate surface area is 112 Å². The summed E-state index contributed by atoms with van der Waals surface area (Å²) in [6.07, 6.45) is -1.60. The number of rotatable bonds is 2. The van der Waals surface area contributed by atoms with Gasteiger partial charge in [-0.15, -0.1) is 0 Å². The average Bonchev–Trinajstić information content (AvgIpc) is 2.74. The van der Waals surface area contributed by atoms with Gasteiger partial charge in [-0.05, 0) is 18.2 Å². The van der Waals surface area contributed by atoms with Gasteiger partial charge in [0.1, 0.15) is 5.82 Å². The van der Waals surface area contributed by atoms with Gasteiger partial charge in [0, 0.05) is 30.9 Å². The number of imidazole rings is 1. The molecule has 1 N–H and O–H groups in total. The van der Waals surface area contributed by atoms with Crippen molar-refractivity contribution in [3.8, 4) is 5.69 Å². The van der Waals surface area contributed by atoms with Gasteiger partial charge < -0.3 is 5.32 Å². The fourth-order valence-corrected chi connectivity index (χ4v) is 2.18. The number of aromatic nitrogens is 2. The minimum absolute atomic E-state index is 0.126. The summed E-state index contributed by atoms with van der Waals surface area (Å²) < 4.78 is 53.4. The van der Waals surface area contributed by atoms with Crippen LogP contribution in [0.25, 0.3) is 5.69 Å². The van der Waals surface area contributed by atoms with Gasteiger partial charge in [-0.25, -0.2) is 9.37 Å². The second kappa shape index (κ2) is 4.59. The number of nitrogens with zero attached hydrogens (tertiary/aromatic N) is 2. The average molecular weight is 285 g/mol. The third kappa shape index (κ3) is 2.18. The van der Waals surface area contributed by atoms with Gasteiger partial charge in [0.05, 0.1) is 17.6 Å². The fourth-order valence-electron chi connectivity index (χ4n) is 2.18. The molecule has 0 unspecified atom stereocenters. The lowest BCUT2D eigenvalue weighted by Crippen LogP contribution is -2.40. The van der Waals surface area contributed by atoms with Crippen LogP contribution in [0.3, 0.4) is 0 Å². The molecule has 0 saturated carbocycles. The molecule has 0 atom stereocenters. The Morgan fingerprint density at radius 3 is 2.60 bits per heavy atom. The van der Waals surface area contributed by atoms with Gasteiger partial charge in [0.25, 0.3) is 0 Å². The highest BCUT2D eigenvalue weighted by Gasteiger charge is 2.32. The number of halogens is 4. The summed E-state index contributed by atoms with van der Waals surface area (Å²) in [4.78, 5) is 3.92. The molecule has 2 heterocycles. The monoisotopic (exact) mass is 285 g/mol.